The molecule has 0 radical (unpaired) electrons. The maximum atomic E-state index is 13.4. The van der Waals surface area contributed by atoms with E-state index in [0.717, 1.165) is 49.5 Å². The van der Waals surface area contributed by atoms with Crippen LogP contribution in [0.3, 0.4) is 0 Å². The summed E-state index contributed by atoms with van der Waals surface area (Å²) >= 11 is 1.15. The van der Waals surface area contributed by atoms with Gasteiger partial charge in [0, 0.05) is 44.2 Å². The van der Waals surface area contributed by atoms with Crippen LogP contribution in [0.2, 0.25) is 0 Å². The van der Waals surface area contributed by atoms with E-state index < -0.39 is 17.7 Å². The number of halogens is 1. The smallest absolute Gasteiger partial charge is 0.350 e. The number of carbonyl (C=O) groups excluding carboxylic acids is 3. The van der Waals surface area contributed by atoms with Gasteiger partial charge < -0.3 is 15.0 Å². The van der Waals surface area contributed by atoms with Crippen LogP contribution in [0.1, 0.15) is 27.3 Å². The van der Waals surface area contributed by atoms with Crippen molar-refractivity contribution in [3.8, 4) is 0 Å². The number of carbonyl (C=O) groups is 3. The van der Waals surface area contributed by atoms with Crippen molar-refractivity contribution in [1.82, 2.24) is 14.8 Å². The summed E-state index contributed by atoms with van der Waals surface area (Å²) in [7, 11) is 1.28. The maximum Gasteiger partial charge on any atom is 0.350 e. The molecule has 2 aromatic heterocycles. The number of ether oxygens (including phenoxy) is 1. The standard InChI is InChI=1S/C25H25FN4O4S/c1-34-25(33)23-22(28-21(32)9-6-17-4-2-5-18(26)14-17)20-8-7-19(27-24(20)35-23)15-29-10-3-11-30(16-31)13-12-29/h2,4-9,14,16H,3,10-13,15H2,1H3,(H,28,32)/b9-6+. The fourth-order valence-electron chi connectivity index (χ4n) is 3.90. The Morgan fingerprint density at radius 2 is 2.06 bits per heavy atom. The van der Waals surface area contributed by atoms with E-state index in [2.05, 4.69) is 10.2 Å². The number of nitrogens with zero attached hydrogens (tertiary/aromatic N) is 3. The van der Waals surface area contributed by atoms with Gasteiger partial charge in [0.25, 0.3) is 0 Å². The normalized spacial score (nSPS) is 14.7. The molecule has 0 atom stereocenters. The summed E-state index contributed by atoms with van der Waals surface area (Å²) in [5.74, 6) is -1.43. The highest BCUT2D eigenvalue weighted by molar-refractivity contribution is 7.21. The molecule has 1 aromatic carbocycles. The summed E-state index contributed by atoms with van der Waals surface area (Å²) in [6, 6.07) is 9.58. The van der Waals surface area contributed by atoms with Crippen LogP contribution in [0, 0.1) is 5.82 Å². The van der Waals surface area contributed by atoms with Gasteiger partial charge in [0.2, 0.25) is 12.3 Å². The summed E-state index contributed by atoms with van der Waals surface area (Å²) in [6.07, 6.45) is 4.56. The Bertz CT molecular complexity index is 1280. The van der Waals surface area contributed by atoms with Gasteiger partial charge in [0.1, 0.15) is 15.5 Å². The minimum Gasteiger partial charge on any atom is -0.465 e. The minimum absolute atomic E-state index is 0.246. The Kier molecular flexibility index (Phi) is 7.84. The summed E-state index contributed by atoms with van der Waals surface area (Å²) in [5.41, 5.74) is 1.71. The molecular weight excluding hydrogens is 471 g/mol. The molecule has 3 aromatic rings. The summed E-state index contributed by atoms with van der Waals surface area (Å²) in [6.45, 7) is 3.66. The number of benzene rings is 1. The Morgan fingerprint density at radius 3 is 2.83 bits per heavy atom. The number of hydrogen-bond donors (Lipinski definition) is 1. The van der Waals surface area contributed by atoms with Gasteiger partial charge in [-0.2, -0.15) is 0 Å². The molecule has 182 valence electrons. The second-order valence-corrected chi connectivity index (χ2v) is 9.10. The molecule has 2 amide bonds. The van der Waals surface area contributed by atoms with E-state index in [-0.39, 0.29) is 4.88 Å². The Balaban J connectivity index is 1.55. The third kappa shape index (κ3) is 6.09. The highest BCUT2D eigenvalue weighted by atomic mass is 32.1. The fourth-order valence-corrected chi connectivity index (χ4v) is 4.96. The third-order valence-electron chi connectivity index (χ3n) is 5.67. The zero-order valence-corrected chi connectivity index (χ0v) is 20.0. The average molecular weight is 497 g/mol. The maximum absolute atomic E-state index is 13.4. The predicted molar refractivity (Wildman–Crippen MR) is 133 cm³/mol. The van der Waals surface area contributed by atoms with E-state index in [4.69, 9.17) is 9.72 Å². The highest BCUT2D eigenvalue weighted by Crippen LogP contribution is 2.35. The van der Waals surface area contributed by atoms with Crippen LogP contribution in [-0.4, -0.2) is 66.4 Å². The molecule has 0 spiro atoms. The largest absolute Gasteiger partial charge is 0.465 e. The Labute approximate surface area is 206 Å². The van der Waals surface area contributed by atoms with Gasteiger partial charge in [-0.1, -0.05) is 12.1 Å². The minimum atomic E-state index is -0.569. The van der Waals surface area contributed by atoms with Crippen molar-refractivity contribution in [2.45, 2.75) is 13.0 Å². The summed E-state index contributed by atoms with van der Waals surface area (Å²) < 4.78 is 18.3. The van der Waals surface area contributed by atoms with E-state index in [9.17, 15) is 18.8 Å². The van der Waals surface area contributed by atoms with E-state index >= 15 is 0 Å². The van der Waals surface area contributed by atoms with Crippen molar-refractivity contribution >= 4 is 51.6 Å². The SMILES string of the molecule is COC(=O)c1sc2nc(CN3CCCN(C=O)CC3)ccc2c1NC(=O)/C=C/c1cccc(F)c1. The molecule has 0 unspecified atom stereocenters. The van der Waals surface area contributed by atoms with Gasteiger partial charge in [-0.15, -0.1) is 11.3 Å². The number of thiophene rings is 1. The van der Waals surface area contributed by atoms with Crippen LogP contribution >= 0.6 is 11.3 Å². The monoisotopic (exact) mass is 496 g/mol. The molecule has 1 aliphatic heterocycles. The lowest BCUT2D eigenvalue weighted by Gasteiger charge is -2.19. The number of nitrogens with one attached hydrogen (secondary N) is 1. The molecule has 35 heavy (non-hydrogen) atoms. The first-order chi connectivity index (χ1) is 17.0. The van der Waals surface area contributed by atoms with Gasteiger partial charge in [-0.3, -0.25) is 14.5 Å². The zero-order chi connectivity index (χ0) is 24.8. The number of methoxy groups -OCH3 is 1. The molecule has 1 aliphatic rings. The molecule has 0 bridgehead atoms. The molecule has 1 N–H and O–H groups in total. The van der Waals surface area contributed by atoms with Crippen molar-refractivity contribution in [2.24, 2.45) is 0 Å². The third-order valence-corrected chi connectivity index (χ3v) is 6.75. The van der Waals surface area contributed by atoms with Crippen LogP contribution in [0.5, 0.6) is 0 Å². The molecule has 0 saturated carbocycles. The molecule has 8 nitrogen and oxygen atoms in total. The van der Waals surface area contributed by atoms with Crippen LogP contribution in [0.4, 0.5) is 10.1 Å². The topological polar surface area (TPSA) is 91.8 Å². The lowest BCUT2D eigenvalue weighted by atomic mass is 10.2. The lowest BCUT2D eigenvalue weighted by molar-refractivity contribution is -0.118. The van der Waals surface area contributed by atoms with Crippen molar-refractivity contribution in [3.63, 3.8) is 0 Å². The second-order valence-electron chi connectivity index (χ2n) is 8.10. The van der Waals surface area contributed by atoms with Crippen molar-refractivity contribution in [2.75, 3.05) is 38.6 Å². The van der Waals surface area contributed by atoms with E-state index in [1.165, 1.54) is 31.4 Å². The zero-order valence-electron chi connectivity index (χ0n) is 19.2. The van der Waals surface area contributed by atoms with Crippen LogP contribution < -0.4 is 5.32 Å². The van der Waals surface area contributed by atoms with Gasteiger partial charge in [-0.05, 0) is 42.3 Å². The highest BCUT2D eigenvalue weighted by Gasteiger charge is 2.22. The fraction of sp³-hybridized carbons (Fsp3) is 0.280. The van der Waals surface area contributed by atoms with Crippen molar-refractivity contribution in [3.05, 3.63) is 64.4 Å². The van der Waals surface area contributed by atoms with Crippen LogP contribution in [0.15, 0.2) is 42.5 Å². The first kappa shape index (κ1) is 24.5. The lowest BCUT2D eigenvalue weighted by Crippen LogP contribution is -2.29. The first-order valence-electron chi connectivity index (χ1n) is 11.1. The Hall–Kier alpha value is -3.63. The number of amides is 2. The predicted octanol–water partition coefficient (Wildman–Crippen LogP) is 3.54. The van der Waals surface area contributed by atoms with E-state index in [1.807, 2.05) is 12.1 Å². The van der Waals surface area contributed by atoms with Crippen molar-refractivity contribution in [1.29, 1.82) is 0 Å². The van der Waals surface area contributed by atoms with Gasteiger partial charge >= 0.3 is 5.97 Å². The molecule has 10 heteroatoms. The molecule has 0 aliphatic carbocycles. The molecular formula is C25H25FN4O4S. The van der Waals surface area contributed by atoms with E-state index in [0.29, 0.717) is 34.6 Å². The van der Waals surface area contributed by atoms with Gasteiger partial charge in [0.15, 0.2) is 0 Å². The molecule has 4 rings (SSSR count). The number of esters is 1. The number of anilines is 1. The molecule has 3 heterocycles. The first-order valence-corrected chi connectivity index (χ1v) is 12.0. The number of aromatic nitrogens is 1. The number of pyridine rings is 1. The van der Waals surface area contributed by atoms with Crippen molar-refractivity contribution < 1.29 is 23.5 Å². The number of fused-ring (bicyclic) bond motifs is 1. The quantitative estimate of drug-likeness (QED) is 0.306. The average Bonchev–Trinajstić information content (AvgIpc) is 3.04. The second kappa shape index (κ2) is 11.2. The van der Waals surface area contributed by atoms with E-state index in [1.54, 1.807) is 17.0 Å². The van der Waals surface area contributed by atoms with Gasteiger partial charge in [-0.25, -0.2) is 14.2 Å². The molecule has 1 fully saturated rings. The number of rotatable bonds is 7. The summed E-state index contributed by atoms with van der Waals surface area (Å²) in [4.78, 5) is 45.6. The van der Waals surface area contributed by atoms with Gasteiger partial charge in [0.05, 0.1) is 18.5 Å². The number of hydrogen-bond acceptors (Lipinski definition) is 7. The summed E-state index contributed by atoms with van der Waals surface area (Å²) in [5, 5.41) is 3.39. The van der Waals surface area contributed by atoms with Crippen LogP contribution in [0.25, 0.3) is 16.3 Å². The molecule has 1 saturated heterocycles. The Morgan fingerprint density at radius 1 is 1.20 bits per heavy atom. The van der Waals surface area contributed by atoms with Crippen LogP contribution in [-0.2, 0) is 20.9 Å².